The van der Waals surface area contributed by atoms with Crippen LogP contribution in [0.2, 0.25) is 0 Å². The Kier molecular flexibility index (Phi) is 6.31. The summed E-state index contributed by atoms with van der Waals surface area (Å²) in [6.07, 6.45) is 6.45. The Hall–Kier alpha value is -0.120. The molecular weight excluding hydrogens is 248 g/mol. The fraction of sp³-hybridized carbons (Fsp3) is 1.00. The Bertz CT molecular complexity index is 276. The minimum Gasteiger partial charge on any atom is -0.381 e. The maximum absolute atomic E-state index is 5.62. The summed E-state index contributed by atoms with van der Waals surface area (Å²) >= 11 is 0. The molecule has 2 fully saturated rings. The van der Waals surface area contributed by atoms with E-state index in [1.165, 1.54) is 51.7 Å². The molecule has 0 bridgehead atoms. The molecule has 3 heteroatoms. The van der Waals surface area contributed by atoms with Crippen molar-refractivity contribution in [3.05, 3.63) is 0 Å². The van der Waals surface area contributed by atoms with E-state index in [-0.39, 0.29) is 0 Å². The van der Waals surface area contributed by atoms with Crippen molar-refractivity contribution in [1.29, 1.82) is 0 Å². The van der Waals surface area contributed by atoms with Crippen molar-refractivity contribution in [2.24, 2.45) is 11.3 Å². The zero-order valence-electron chi connectivity index (χ0n) is 13.8. The molecule has 0 amide bonds. The van der Waals surface area contributed by atoms with Gasteiger partial charge in [0, 0.05) is 38.9 Å². The molecule has 2 atom stereocenters. The van der Waals surface area contributed by atoms with Gasteiger partial charge in [-0.15, -0.1) is 0 Å². The van der Waals surface area contributed by atoms with E-state index in [9.17, 15) is 0 Å². The summed E-state index contributed by atoms with van der Waals surface area (Å²) in [7, 11) is 0. The highest BCUT2D eigenvalue weighted by atomic mass is 16.5. The standard InChI is InChI=1S/C17H34N2O/c1-4-9-18-13-17(7-10-20-11-8-17)14-19-12-15(2)5-6-16(19)3/h15-16,18H,4-14H2,1-3H3. The van der Waals surface area contributed by atoms with E-state index in [0.29, 0.717) is 5.41 Å². The van der Waals surface area contributed by atoms with Crippen molar-refractivity contribution in [2.45, 2.75) is 58.9 Å². The van der Waals surface area contributed by atoms with Crippen molar-refractivity contribution in [3.63, 3.8) is 0 Å². The zero-order chi connectivity index (χ0) is 14.4. The first-order valence-electron chi connectivity index (χ1n) is 8.68. The number of piperidine rings is 1. The highest BCUT2D eigenvalue weighted by Gasteiger charge is 2.36. The van der Waals surface area contributed by atoms with Crippen LogP contribution in [-0.4, -0.2) is 50.3 Å². The van der Waals surface area contributed by atoms with Crippen molar-refractivity contribution in [1.82, 2.24) is 10.2 Å². The average Bonchev–Trinajstić information content (AvgIpc) is 2.44. The minimum atomic E-state index is 0.443. The molecule has 2 rings (SSSR count). The van der Waals surface area contributed by atoms with Gasteiger partial charge in [-0.2, -0.15) is 0 Å². The van der Waals surface area contributed by atoms with Crippen molar-refractivity contribution >= 4 is 0 Å². The summed E-state index contributed by atoms with van der Waals surface area (Å²) in [5.74, 6) is 0.867. The van der Waals surface area contributed by atoms with Crippen LogP contribution in [0.1, 0.15) is 52.9 Å². The predicted octanol–water partition coefficient (Wildman–Crippen LogP) is 2.90. The first-order valence-corrected chi connectivity index (χ1v) is 8.68. The summed E-state index contributed by atoms with van der Waals surface area (Å²) in [5.41, 5.74) is 0.443. The first kappa shape index (κ1) is 16.3. The van der Waals surface area contributed by atoms with Gasteiger partial charge in [-0.3, -0.25) is 4.90 Å². The molecule has 1 N–H and O–H groups in total. The molecule has 2 aliphatic heterocycles. The van der Waals surface area contributed by atoms with Crippen LogP contribution >= 0.6 is 0 Å². The van der Waals surface area contributed by atoms with E-state index in [0.717, 1.165) is 31.7 Å². The van der Waals surface area contributed by atoms with E-state index < -0.39 is 0 Å². The van der Waals surface area contributed by atoms with Gasteiger partial charge in [-0.25, -0.2) is 0 Å². The van der Waals surface area contributed by atoms with Crippen LogP contribution < -0.4 is 5.32 Å². The Balaban J connectivity index is 1.95. The topological polar surface area (TPSA) is 24.5 Å². The van der Waals surface area contributed by atoms with Crippen LogP contribution in [0, 0.1) is 11.3 Å². The van der Waals surface area contributed by atoms with Gasteiger partial charge in [0.1, 0.15) is 0 Å². The average molecular weight is 282 g/mol. The van der Waals surface area contributed by atoms with E-state index in [1.807, 2.05) is 0 Å². The largest absolute Gasteiger partial charge is 0.381 e. The fourth-order valence-electron chi connectivity index (χ4n) is 3.76. The Labute approximate surface area is 125 Å². The first-order chi connectivity index (χ1) is 9.65. The molecule has 0 radical (unpaired) electrons. The van der Waals surface area contributed by atoms with Crippen LogP contribution in [0.15, 0.2) is 0 Å². The minimum absolute atomic E-state index is 0.443. The molecule has 0 aliphatic carbocycles. The zero-order valence-corrected chi connectivity index (χ0v) is 13.8. The second-order valence-corrected chi connectivity index (χ2v) is 7.25. The fourth-order valence-corrected chi connectivity index (χ4v) is 3.76. The van der Waals surface area contributed by atoms with Crippen LogP contribution in [0.3, 0.4) is 0 Å². The molecule has 0 aromatic rings. The molecule has 0 aromatic carbocycles. The Morgan fingerprint density at radius 1 is 1.20 bits per heavy atom. The number of hydrogen-bond donors (Lipinski definition) is 1. The van der Waals surface area contributed by atoms with Crippen LogP contribution in [0.4, 0.5) is 0 Å². The van der Waals surface area contributed by atoms with E-state index in [4.69, 9.17) is 4.74 Å². The monoisotopic (exact) mass is 282 g/mol. The molecule has 0 saturated carbocycles. The number of ether oxygens (including phenoxy) is 1. The lowest BCUT2D eigenvalue weighted by molar-refractivity contribution is -0.0202. The number of hydrogen-bond acceptors (Lipinski definition) is 3. The van der Waals surface area contributed by atoms with Crippen LogP contribution in [0.5, 0.6) is 0 Å². The SMILES string of the molecule is CCCNCC1(CN2CC(C)CCC2C)CCOCC1. The normalized spacial score (nSPS) is 31.4. The molecule has 3 nitrogen and oxygen atoms in total. The predicted molar refractivity (Wildman–Crippen MR) is 85.1 cm³/mol. The summed E-state index contributed by atoms with van der Waals surface area (Å²) in [6, 6.07) is 0.761. The van der Waals surface area contributed by atoms with E-state index in [2.05, 4.69) is 31.0 Å². The second-order valence-electron chi connectivity index (χ2n) is 7.25. The Morgan fingerprint density at radius 2 is 1.95 bits per heavy atom. The third-order valence-electron chi connectivity index (χ3n) is 5.27. The van der Waals surface area contributed by atoms with Gasteiger partial charge in [0.05, 0.1) is 0 Å². The van der Waals surface area contributed by atoms with Gasteiger partial charge in [-0.05, 0) is 56.9 Å². The van der Waals surface area contributed by atoms with Gasteiger partial charge in [0.2, 0.25) is 0 Å². The molecule has 118 valence electrons. The highest BCUT2D eigenvalue weighted by molar-refractivity contribution is 4.90. The van der Waals surface area contributed by atoms with Crippen LogP contribution in [-0.2, 0) is 4.74 Å². The third-order valence-corrected chi connectivity index (χ3v) is 5.27. The van der Waals surface area contributed by atoms with Gasteiger partial charge >= 0.3 is 0 Å². The summed E-state index contributed by atoms with van der Waals surface area (Å²) in [6.45, 7) is 13.8. The second kappa shape index (κ2) is 7.77. The smallest absolute Gasteiger partial charge is 0.0472 e. The molecular formula is C17H34N2O. The lowest BCUT2D eigenvalue weighted by Gasteiger charge is -2.46. The number of rotatable bonds is 6. The summed E-state index contributed by atoms with van der Waals surface area (Å²) in [5, 5.41) is 3.68. The highest BCUT2D eigenvalue weighted by Crippen LogP contribution is 2.33. The molecule has 2 saturated heterocycles. The van der Waals surface area contributed by atoms with E-state index in [1.54, 1.807) is 0 Å². The lowest BCUT2D eigenvalue weighted by Crippen LogP contribution is -2.52. The van der Waals surface area contributed by atoms with Crippen molar-refractivity contribution in [3.8, 4) is 0 Å². The van der Waals surface area contributed by atoms with Crippen molar-refractivity contribution < 1.29 is 4.74 Å². The van der Waals surface area contributed by atoms with Crippen LogP contribution in [0.25, 0.3) is 0 Å². The van der Waals surface area contributed by atoms with Crippen molar-refractivity contribution in [2.75, 3.05) is 39.4 Å². The molecule has 2 unspecified atom stereocenters. The molecule has 2 heterocycles. The quantitative estimate of drug-likeness (QED) is 0.758. The maximum atomic E-state index is 5.62. The summed E-state index contributed by atoms with van der Waals surface area (Å²) < 4.78 is 5.62. The molecule has 2 aliphatic rings. The number of nitrogens with one attached hydrogen (secondary N) is 1. The number of likely N-dealkylation sites (tertiary alicyclic amines) is 1. The van der Waals surface area contributed by atoms with Gasteiger partial charge in [0.15, 0.2) is 0 Å². The number of nitrogens with zero attached hydrogens (tertiary/aromatic N) is 1. The van der Waals surface area contributed by atoms with Gasteiger partial charge < -0.3 is 10.1 Å². The molecule has 0 aromatic heterocycles. The lowest BCUT2D eigenvalue weighted by atomic mass is 9.78. The Morgan fingerprint density at radius 3 is 2.65 bits per heavy atom. The summed E-state index contributed by atoms with van der Waals surface area (Å²) in [4.78, 5) is 2.76. The van der Waals surface area contributed by atoms with Gasteiger partial charge in [0.25, 0.3) is 0 Å². The molecule has 20 heavy (non-hydrogen) atoms. The third kappa shape index (κ3) is 4.44. The van der Waals surface area contributed by atoms with Gasteiger partial charge in [-0.1, -0.05) is 13.8 Å². The maximum Gasteiger partial charge on any atom is 0.0472 e. The molecule has 0 spiro atoms. The van der Waals surface area contributed by atoms with E-state index >= 15 is 0 Å².